The van der Waals surface area contributed by atoms with Gasteiger partial charge in [0, 0.05) is 24.0 Å². The van der Waals surface area contributed by atoms with E-state index in [1.165, 1.54) is 6.92 Å². The minimum atomic E-state index is -0.236. The van der Waals surface area contributed by atoms with Crippen molar-refractivity contribution >= 4 is 11.7 Å². The first kappa shape index (κ1) is 21.6. The monoisotopic (exact) mass is 451 g/mol. The molecule has 2 aliphatic heterocycles. The van der Waals surface area contributed by atoms with Crippen LogP contribution in [0.15, 0.2) is 35.3 Å². The minimum Gasteiger partial charge on any atom is -0.493 e. The number of aliphatic imine (C=N–C) groups is 1. The van der Waals surface area contributed by atoms with Gasteiger partial charge in [-0.05, 0) is 62.1 Å². The van der Waals surface area contributed by atoms with E-state index in [4.69, 9.17) is 28.7 Å². The van der Waals surface area contributed by atoms with Crippen LogP contribution in [-0.4, -0.2) is 50.8 Å². The summed E-state index contributed by atoms with van der Waals surface area (Å²) in [6.07, 6.45) is 2.31. The second kappa shape index (κ2) is 8.96. The van der Waals surface area contributed by atoms with Crippen LogP contribution < -0.4 is 18.9 Å². The average molecular weight is 452 g/mol. The van der Waals surface area contributed by atoms with Gasteiger partial charge in [0.25, 0.3) is 0 Å². The fourth-order valence-corrected chi connectivity index (χ4v) is 5.12. The first-order valence-corrected chi connectivity index (χ1v) is 11.6. The molecule has 0 aromatic heterocycles. The molecule has 0 amide bonds. The zero-order chi connectivity index (χ0) is 22.9. The third-order valence-corrected chi connectivity index (χ3v) is 6.50. The lowest BCUT2D eigenvalue weighted by molar-refractivity contribution is -0.148. The molecule has 1 aliphatic carbocycles. The van der Waals surface area contributed by atoms with Gasteiger partial charge in [0.15, 0.2) is 23.0 Å². The molecule has 33 heavy (non-hydrogen) atoms. The third kappa shape index (κ3) is 4.12. The minimum absolute atomic E-state index is 0.0970. The van der Waals surface area contributed by atoms with Crippen LogP contribution >= 0.6 is 0 Å². The SMILES string of the molecule is CCOc1cc2c(cc1OC)C(c1ccc3c(c1)OCCO3)=NC1CCC(OC(C)=O)CC21. The number of nitrogens with zero attached hydrogens (tertiary/aromatic N) is 1. The number of carbonyl (C=O) groups is 1. The number of carbonyl (C=O) groups excluding carboxylic acids is 1. The lowest BCUT2D eigenvalue weighted by atomic mass is 9.74. The average Bonchev–Trinajstić information content (AvgIpc) is 2.83. The van der Waals surface area contributed by atoms with Crippen molar-refractivity contribution < 1.29 is 28.5 Å². The summed E-state index contributed by atoms with van der Waals surface area (Å²) >= 11 is 0. The molecule has 0 spiro atoms. The predicted molar refractivity (Wildman–Crippen MR) is 123 cm³/mol. The van der Waals surface area contributed by atoms with Crippen LogP contribution in [-0.2, 0) is 9.53 Å². The van der Waals surface area contributed by atoms with Crippen molar-refractivity contribution in [1.29, 1.82) is 0 Å². The maximum absolute atomic E-state index is 11.6. The number of benzene rings is 2. The second-order valence-electron chi connectivity index (χ2n) is 8.58. The third-order valence-electron chi connectivity index (χ3n) is 6.50. The summed E-state index contributed by atoms with van der Waals surface area (Å²) in [5, 5.41) is 0. The molecule has 7 nitrogen and oxygen atoms in total. The van der Waals surface area contributed by atoms with Crippen LogP contribution in [0.3, 0.4) is 0 Å². The van der Waals surface area contributed by atoms with Gasteiger partial charge in [-0.25, -0.2) is 0 Å². The fraction of sp³-hybridized carbons (Fsp3) is 0.462. The summed E-state index contributed by atoms with van der Waals surface area (Å²) in [6, 6.07) is 10.2. The molecule has 1 saturated carbocycles. The molecule has 2 heterocycles. The first-order valence-electron chi connectivity index (χ1n) is 11.6. The molecule has 0 saturated heterocycles. The normalized spacial score (nSPS) is 23.0. The van der Waals surface area contributed by atoms with Crippen molar-refractivity contribution in [3.05, 3.63) is 47.0 Å². The summed E-state index contributed by atoms with van der Waals surface area (Å²) in [5.74, 6) is 2.79. The van der Waals surface area contributed by atoms with Crippen molar-refractivity contribution in [2.75, 3.05) is 26.9 Å². The van der Waals surface area contributed by atoms with Gasteiger partial charge < -0.3 is 23.7 Å². The highest BCUT2D eigenvalue weighted by Gasteiger charge is 2.39. The summed E-state index contributed by atoms with van der Waals surface area (Å²) < 4.78 is 28.7. The zero-order valence-electron chi connectivity index (χ0n) is 19.3. The molecule has 3 unspecified atom stereocenters. The highest BCUT2D eigenvalue weighted by molar-refractivity contribution is 6.15. The molecule has 3 aliphatic rings. The van der Waals surface area contributed by atoms with Crippen LogP contribution in [0, 0.1) is 0 Å². The number of ether oxygens (including phenoxy) is 5. The lowest BCUT2D eigenvalue weighted by Crippen LogP contribution is -2.36. The van der Waals surface area contributed by atoms with Gasteiger partial charge in [-0.1, -0.05) is 0 Å². The van der Waals surface area contributed by atoms with E-state index in [1.54, 1.807) is 7.11 Å². The maximum Gasteiger partial charge on any atom is 0.302 e. The largest absolute Gasteiger partial charge is 0.493 e. The molecule has 0 N–H and O–H groups in total. The van der Waals surface area contributed by atoms with E-state index < -0.39 is 0 Å². The predicted octanol–water partition coefficient (Wildman–Crippen LogP) is 4.28. The number of hydrogen-bond acceptors (Lipinski definition) is 7. The molecule has 0 bridgehead atoms. The zero-order valence-corrected chi connectivity index (χ0v) is 19.3. The Bertz CT molecular complexity index is 1090. The van der Waals surface area contributed by atoms with Crippen LogP contribution in [0.5, 0.6) is 23.0 Å². The van der Waals surface area contributed by atoms with E-state index in [1.807, 2.05) is 31.2 Å². The van der Waals surface area contributed by atoms with Gasteiger partial charge in [-0.2, -0.15) is 0 Å². The van der Waals surface area contributed by atoms with Crippen molar-refractivity contribution in [3.8, 4) is 23.0 Å². The van der Waals surface area contributed by atoms with E-state index in [-0.39, 0.29) is 24.0 Å². The van der Waals surface area contributed by atoms with Gasteiger partial charge in [0.2, 0.25) is 0 Å². The number of hydrogen-bond donors (Lipinski definition) is 0. The van der Waals surface area contributed by atoms with E-state index >= 15 is 0 Å². The Morgan fingerprint density at radius 3 is 2.67 bits per heavy atom. The number of methoxy groups -OCH3 is 1. The number of esters is 1. The van der Waals surface area contributed by atoms with Crippen molar-refractivity contribution in [2.24, 2.45) is 4.99 Å². The summed E-state index contributed by atoms with van der Waals surface area (Å²) in [5.41, 5.74) is 4.06. The van der Waals surface area contributed by atoms with Crippen molar-refractivity contribution in [1.82, 2.24) is 0 Å². The number of rotatable bonds is 5. The summed E-state index contributed by atoms with van der Waals surface area (Å²) in [6.45, 7) is 5.06. The van der Waals surface area contributed by atoms with E-state index in [2.05, 4.69) is 6.07 Å². The molecular weight excluding hydrogens is 422 g/mol. The maximum atomic E-state index is 11.6. The smallest absolute Gasteiger partial charge is 0.302 e. The Kier molecular flexibility index (Phi) is 5.87. The Balaban J connectivity index is 1.60. The van der Waals surface area contributed by atoms with E-state index in [0.717, 1.165) is 58.9 Å². The lowest BCUT2D eigenvalue weighted by Gasteiger charge is -2.38. The molecule has 1 fully saturated rings. The molecule has 174 valence electrons. The van der Waals surface area contributed by atoms with Gasteiger partial charge in [0.1, 0.15) is 19.3 Å². The van der Waals surface area contributed by atoms with Crippen molar-refractivity contribution in [2.45, 2.75) is 51.2 Å². The van der Waals surface area contributed by atoms with Gasteiger partial charge in [-0.3, -0.25) is 9.79 Å². The highest BCUT2D eigenvalue weighted by atomic mass is 16.6. The molecule has 0 radical (unpaired) electrons. The second-order valence-corrected chi connectivity index (χ2v) is 8.58. The molecule has 7 heteroatoms. The Morgan fingerprint density at radius 2 is 1.91 bits per heavy atom. The summed E-state index contributed by atoms with van der Waals surface area (Å²) in [4.78, 5) is 16.8. The van der Waals surface area contributed by atoms with Crippen molar-refractivity contribution in [3.63, 3.8) is 0 Å². The molecular formula is C26H29NO6. The van der Waals surface area contributed by atoms with Crippen LogP contribution in [0.1, 0.15) is 55.7 Å². The van der Waals surface area contributed by atoms with E-state index in [9.17, 15) is 4.79 Å². The quantitative estimate of drug-likeness (QED) is 0.632. The molecule has 3 atom stereocenters. The van der Waals surface area contributed by atoms with Crippen LogP contribution in [0.4, 0.5) is 0 Å². The van der Waals surface area contributed by atoms with Crippen LogP contribution in [0.2, 0.25) is 0 Å². The Hall–Kier alpha value is -3.22. The standard InChI is InChI=1S/C26H29NO6/c1-4-30-25-13-18-19-12-17(33-15(2)28)6-7-21(19)27-26(20(18)14-23(25)29-3)16-5-8-22-24(11-16)32-10-9-31-22/h5,8,11,13-14,17,19,21H,4,6-7,9-10,12H2,1-3H3. The van der Waals surface area contributed by atoms with Gasteiger partial charge >= 0.3 is 5.97 Å². The first-order chi connectivity index (χ1) is 16.1. The Morgan fingerprint density at radius 1 is 1.09 bits per heavy atom. The Labute approximate surface area is 193 Å². The fourth-order valence-electron chi connectivity index (χ4n) is 5.12. The molecule has 2 aromatic rings. The van der Waals surface area contributed by atoms with Crippen LogP contribution in [0.25, 0.3) is 0 Å². The van der Waals surface area contributed by atoms with Gasteiger partial charge in [-0.15, -0.1) is 0 Å². The molecule has 5 rings (SSSR count). The number of fused-ring (bicyclic) bond motifs is 4. The summed E-state index contributed by atoms with van der Waals surface area (Å²) in [7, 11) is 1.65. The highest BCUT2D eigenvalue weighted by Crippen LogP contribution is 2.46. The van der Waals surface area contributed by atoms with Gasteiger partial charge in [0.05, 0.1) is 25.5 Å². The topological polar surface area (TPSA) is 75.6 Å². The molecule has 2 aromatic carbocycles. The van der Waals surface area contributed by atoms with E-state index in [0.29, 0.717) is 25.6 Å².